The van der Waals surface area contributed by atoms with Crippen molar-refractivity contribution >= 4 is 17.0 Å². The summed E-state index contributed by atoms with van der Waals surface area (Å²) in [6.07, 6.45) is 4.21. The lowest BCUT2D eigenvalue weighted by Crippen LogP contribution is -2.08. The Labute approximate surface area is 90.0 Å². The Morgan fingerprint density at radius 1 is 1.33 bits per heavy atom. The highest BCUT2D eigenvalue weighted by atomic mass is 15.0. The van der Waals surface area contributed by atoms with Crippen LogP contribution in [-0.2, 0) is 6.67 Å². The van der Waals surface area contributed by atoms with Crippen LogP contribution in [0.25, 0.3) is 17.0 Å². The molecule has 0 bridgehead atoms. The number of aromatic nitrogens is 1. The van der Waals surface area contributed by atoms with Gasteiger partial charge in [-0.3, -0.25) is 0 Å². The van der Waals surface area contributed by atoms with E-state index in [2.05, 4.69) is 41.8 Å². The summed E-state index contributed by atoms with van der Waals surface area (Å²) < 4.78 is 2.14. The van der Waals surface area contributed by atoms with Gasteiger partial charge in [0.2, 0.25) is 0 Å². The summed E-state index contributed by atoms with van der Waals surface area (Å²) in [5.41, 5.74) is 9.49. The van der Waals surface area contributed by atoms with Crippen LogP contribution in [0.1, 0.15) is 18.2 Å². The molecule has 0 spiro atoms. The summed E-state index contributed by atoms with van der Waals surface area (Å²) in [6.45, 7) is 4.68. The molecule has 1 heterocycles. The fourth-order valence-corrected chi connectivity index (χ4v) is 2.07. The molecule has 0 saturated carbocycles. The lowest BCUT2D eigenvalue weighted by atomic mass is 10.1. The maximum absolute atomic E-state index is 5.77. The number of rotatable bonds is 2. The molecule has 15 heavy (non-hydrogen) atoms. The Balaban J connectivity index is 2.84. The topological polar surface area (TPSA) is 30.9 Å². The van der Waals surface area contributed by atoms with E-state index in [1.807, 2.05) is 13.0 Å². The van der Waals surface area contributed by atoms with E-state index in [1.54, 1.807) is 0 Å². The largest absolute Gasteiger partial charge is 0.331 e. The smallest absolute Gasteiger partial charge is 0.0703 e. The molecule has 2 heteroatoms. The van der Waals surface area contributed by atoms with Gasteiger partial charge in [-0.15, -0.1) is 0 Å². The van der Waals surface area contributed by atoms with Gasteiger partial charge in [-0.1, -0.05) is 30.4 Å². The third-order valence-electron chi connectivity index (χ3n) is 2.80. The van der Waals surface area contributed by atoms with Gasteiger partial charge in [0, 0.05) is 22.2 Å². The minimum absolute atomic E-state index is 0.532. The molecule has 0 fully saturated rings. The molecule has 2 rings (SSSR count). The fourth-order valence-electron chi connectivity index (χ4n) is 2.07. The average Bonchev–Trinajstić information content (AvgIpc) is 2.53. The Morgan fingerprint density at radius 2 is 2.07 bits per heavy atom. The van der Waals surface area contributed by atoms with Crippen molar-refractivity contribution in [3.05, 3.63) is 41.6 Å². The zero-order valence-electron chi connectivity index (χ0n) is 9.20. The van der Waals surface area contributed by atoms with E-state index >= 15 is 0 Å². The molecule has 2 nitrogen and oxygen atoms in total. The highest BCUT2D eigenvalue weighted by molar-refractivity contribution is 5.91. The highest BCUT2D eigenvalue weighted by Crippen LogP contribution is 2.26. The molecular formula is C13H16N2. The molecule has 0 unspecified atom stereocenters. The fraction of sp³-hybridized carbons (Fsp3) is 0.231. The van der Waals surface area contributed by atoms with Crippen LogP contribution < -0.4 is 5.73 Å². The molecule has 2 N–H and O–H groups in total. The molecule has 0 radical (unpaired) electrons. The predicted molar refractivity (Wildman–Crippen MR) is 65.6 cm³/mol. The van der Waals surface area contributed by atoms with E-state index in [0.29, 0.717) is 6.67 Å². The second-order valence-electron chi connectivity index (χ2n) is 3.63. The molecule has 0 aliphatic carbocycles. The van der Waals surface area contributed by atoms with Crippen LogP contribution in [0.2, 0.25) is 0 Å². The highest BCUT2D eigenvalue weighted by Gasteiger charge is 2.09. The van der Waals surface area contributed by atoms with Crippen LogP contribution >= 0.6 is 0 Å². The van der Waals surface area contributed by atoms with Gasteiger partial charge in [0.15, 0.2) is 0 Å². The van der Waals surface area contributed by atoms with Crippen molar-refractivity contribution < 1.29 is 0 Å². The third-order valence-corrected chi connectivity index (χ3v) is 2.80. The average molecular weight is 200 g/mol. The third kappa shape index (κ3) is 1.47. The molecule has 1 aromatic carbocycles. The first kappa shape index (κ1) is 9.99. The summed E-state index contributed by atoms with van der Waals surface area (Å²) in [6, 6.07) is 8.37. The van der Waals surface area contributed by atoms with E-state index in [4.69, 9.17) is 5.73 Å². The van der Waals surface area contributed by atoms with E-state index in [9.17, 15) is 0 Å². The number of hydrogen-bond acceptors (Lipinski definition) is 1. The number of fused-ring (bicyclic) bond motifs is 1. The van der Waals surface area contributed by atoms with Crippen molar-refractivity contribution in [1.29, 1.82) is 0 Å². The first-order valence-electron chi connectivity index (χ1n) is 5.20. The molecule has 0 amide bonds. The Hall–Kier alpha value is -1.54. The standard InChI is InChI=1S/C13H16N2/c1-3-6-11-10(2)15(9-14)13-8-5-4-7-12(11)13/h3-8H,9,14H2,1-2H3/b6-3-. The number of hydrogen-bond donors (Lipinski definition) is 1. The first-order chi connectivity index (χ1) is 7.29. The monoisotopic (exact) mass is 200 g/mol. The molecule has 0 atom stereocenters. The number of nitrogens with two attached hydrogens (primary N) is 1. The lowest BCUT2D eigenvalue weighted by molar-refractivity contribution is 0.739. The van der Waals surface area contributed by atoms with Crippen LogP contribution in [0.3, 0.4) is 0 Å². The van der Waals surface area contributed by atoms with Gasteiger partial charge in [0.25, 0.3) is 0 Å². The normalized spacial score (nSPS) is 11.7. The summed E-state index contributed by atoms with van der Waals surface area (Å²) >= 11 is 0. The SMILES string of the molecule is C/C=C\c1c(C)n(CN)c2ccccc12. The molecule has 0 aliphatic rings. The molecule has 2 aromatic rings. The van der Waals surface area contributed by atoms with E-state index in [1.165, 1.54) is 22.2 Å². The van der Waals surface area contributed by atoms with Gasteiger partial charge in [0.05, 0.1) is 6.67 Å². The van der Waals surface area contributed by atoms with Crippen LogP contribution in [0.4, 0.5) is 0 Å². The number of benzene rings is 1. The molecular weight excluding hydrogens is 184 g/mol. The van der Waals surface area contributed by atoms with Crippen molar-refractivity contribution in [2.24, 2.45) is 5.73 Å². The Morgan fingerprint density at radius 3 is 2.73 bits per heavy atom. The number of nitrogens with zero attached hydrogens (tertiary/aromatic N) is 1. The maximum atomic E-state index is 5.77. The van der Waals surface area contributed by atoms with Crippen LogP contribution in [0, 0.1) is 6.92 Å². The first-order valence-corrected chi connectivity index (χ1v) is 5.20. The van der Waals surface area contributed by atoms with E-state index < -0.39 is 0 Å². The van der Waals surface area contributed by atoms with Crippen molar-refractivity contribution in [2.75, 3.05) is 0 Å². The Bertz CT molecular complexity index is 506. The van der Waals surface area contributed by atoms with Crippen molar-refractivity contribution in [3.63, 3.8) is 0 Å². The van der Waals surface area contributed by atoms with Gasteiger partial charge in [-0.25, -0.2) is 0 Å². The van der Waals surface area contributed by atoms with Crippen LogP contribution in [0.5, 0.6) is 0 Å². The number of allylic oxidation sites excluding steroid dienone is 1. The summed E-state index contributed by atoms with van der Waals surface area (Å²) in [5.74, 6) is 0. The maximum Gasteiger partial charge on any atom is 0.0703 e. The lowest BCUT2D eigenvalue weighted by Gasteiger charge is -2.02. The summed E-state index contributed by atoms with van der Waals surface area (Å²) in [4.78, 5) is 0. The second kappa shape index (κ2) is 3.91. The van der Waals surface area contributed by atoms with E-state index in [0.717, 1.165) is 0 Å². The quantitative estimate of drug-likeness (QED) is 0.794. The van der Waals surface area contributed by atoms with E-state index in [-0.39, 0.29) is 0 Å². The number of para-hydroxylation sites is 1. The van der Waals surface area contributed by atoms with Crippen molar-refractivity contribution in [2.45, 2.75) is 20.5 Å². The van der Waals surface area contributed by atoms with Gasteiger partial charge >= 0.3 is 0 Å². The molecule has 0 saturated heterocycles. The molecule has 0 aliphatic heterocycles. The zero-order chi connectivity index (χ0) is 10.8. The van der Waals surface area contributed by atoms with Crippen LogP contribution in [0.15, 0.2) is 30.3 Å². The van der Waals surface area contributed by atoms with Crippen molar-refractivity contribution in [3.8, 4) is 0 Å². The second-order valence-corrected chi connectivity index (χ2v) is 3.63. The Kier molecular flexibility index (Phi) is 2.60. The minimum Gasteiger partial charge on any atom is -0.331 e. The van der Waals surface area contributed by atoms with Gasteiger partial charge in [-0.2, -0.15) is 0 Å². The van der Waals surface area contributed by atoms with Crippen LogP contribution in [-0.4, -0.2) is 4.57 Å². The summed E-state index contributed by atoms with van der Waals surface area (Å²) in [7, 11) is 0. The van der Waals surface area contributed by atoms with Crippen molar-refractivity contribution in [1.82, 2.24) is 4.57 Å². The zero-order valence-corrected chi connectivity index (χ0v) is 9.20. The summed E-state index contributed by atoms with van der Waals surface area (Å²) in [5, 5.41) is 1.28. The predicted octanol–water partition coefficient (Wildman–Crippen LogP) is 2.90. The van der Waals surface area contributed by atoms with Gasteiger partial charge in [-0.05, 0) is 19.9 Å². The molecule has 1 aromatic heterocycles. The van der Waals surface area contributed by atoms with Gasteiger partial charge < -0.3 is 10.3 Å². The van der Waals surface area contributed by atoms with Gasteiger partial charge in [0.1, 0.15) is 0 Å². The molecule has 78 valence electrons. The minimum atomic E-state index is 0.532.